The van der Waals surface area contributed by atoms with Crippen molar-refractivity contribution in [1.29, 1.82) is 0 Å². The molecule has 0 unspecified atom stereocenters. The van der Waals surface area contributed by atoms with Gasteiger partial charge in [-0.3, -0.25) is 15.0 Å². The lowest BCUT2D eigenvalue weighted by atomic mass is 9.53. The molecule has 2 N–H and O–H groups in total. The number of carbonyl (C=O) groups is 2. The first-order valence-corrected chi connectivity index (χ1v) is 10.8. The second-order valence-electron chi connectivity index (χ2n) is 9.58. The van der Waals surface area contributed by atoms with Crippen LogP contribution in [0.25, 0.3) is 0 Å². The molecule has 4 fully saturated rings. The predicted octanol–water partition coefficient (Wildman–Crippen LogP) is 3.31. The van der Waals surface area contributed by atoms with Gasteiger partial charge in [0, 0.05) is 12.1 Å². The molecule has 6 nitrogen and oxygen atoms in total. The fraction of sp³-hybridized carbons (Fsp3) is 0.652. The van der Waals surface area contributed by atoms with Crippen molar-refractivity contribution in [2.45, 2.75) is 63.6 Å². The van der Waals surface area contributed by atoms with E-state index in [1.54, 1.807) is 7.11 Å². The van der Waals surface area contributed by atoms with Crippen molar-refractivity contribution in [3.8, 4) is 5.75 Å². The van der Waals surface area contributed by atoms with E-state index in [0.717, 1.165) is 48.3 Å². The minimum Gasteiger partial charge on any atom is -0.497 e. The Kier molecular flexibility index (Phi) is 5.56. The van der Waals surface area contributed by atoms with Gasteiger partial charge in [0.25, 0.3) is 0 Å². The molecule has 0 aliphatic heterocycles. The zero-order valence-corrected chi connectivity index (χ0v) is 17.7. The molecule has 5 rings (SSSR count). The average Bonchev–Trinajstić information content (AvgIpc) is 2.66. The maximum atomic E-state index is 12.6. The van der Waals surface area contributed by atoms with Gasteiger partial charge in [0.1, 0.15) is 5.75 Å². The first-order chi connectivity index (χ1) is 13.9. The lowest BCUT2D eigenvalue weighted by Gasteiger charge is -2.56. The lowest BCUT2D eigenvalue weighted by Crippen LogP contribution is -2.62. The van der Waals surface area contributed by atoms with Crippen LogP contribution < -0.4 is 15.4 Å². The van der Waals surface area contributed by atoms with Crippen molar-refractivity contribution in [2.75, 3.05) is 14.2 Å². The Bertz CT molecular complexity index is 726. The van der Waals surface area contributed by atoms with Crippen LogP contribution in [0, 0.1) is 17.8 Å². The van der Waals surface area contributed by atoms with Crippen LogP contribution in [0.15, 0.2) is 24.3 Å². The van der Waals surface area contributed by atoms with E-state index in [9.17, 15) is 9.59 Å². The summed E-state index contributed by atoms with van der Waals surface area (Å²) in [4.78, 5) is 27.2. The van der Waals surface area contributed by atoms with Crippen molar-refractivity contribution in [3.05, 3.63) is 29.8 Å². The number of likely N-dealkylation sites (N-methyl/N-ethyl adjacent to an activating group) is 1. The summed E-state index contributed by atoms with van der Waals surface area (Å²) in [7, 11) is 3.54. The van der Waals surface area contributed by atoms with Gasteiger partial charge in [0.2, 0.25) is 5.91 Å². The number of rotatable bonds is 6. The summed E-state index contributed by atoms with van der Waals surface area (Å²) in [5.74, 6) is 2.82. The first kappa shape index (κ1) is 20.2. The van der Waals surface area contributed by atoms with Gasteiger partial charge in [0.05, 0.1) is 13.2 Å². The second kappa shape index (κ2) is 7.98. The molecule has 4 aliphatic carbocycles. The van der Waals surface area contributed by atoms with Crippen LogP contribution in [0.3, 0.4) is 0 Å². The highest BCUT2D eigenvalue weighted by Gasteiger charge is 2.51. The Morgan fingerprint density at radius 1 is 1.10 bits per heavy atom. The zero-order valence-electron chi connectivity index (χ0n) is 17.7. The number of ether oxygens (including phenoxy) is 1. The number of nitrogens with one attached hydrogen (secondary N) is 2. The van der Waals surface area contributed by atoms with Crippen LogP contribution in [0.1, 0.15) is 51.0 Å². The quantitative estimate of drug-likeness (QED) is 0.770. The molecule has 4 aliphatic rings. The number of methoxy groups -OCH3 is 1. The minimum absolute atomic E-state index is 0.0860. The zero-order chi connectivity index (χ0) is 20.6. The molecule has 1 atom stereocenters. The molecule has 158 valence electrons. The Morgan fingerprint density at radius 2 is 1.66 bits per heavy atom. The van der Waals surface area contributed by atoms with Gasteiger partial charge in [-0.15, -0.1) is 0 Å². The van der Waals surface area contributed by atoms with Crippen molar-refractivity contribution in [1.82, 2.24) is 15.5 Å². The average molecular weight is 400 g/mol. The molecule has 0 spiro atoms. The number of benzene rings is 1. The van der Waals surface area contributed by atoms with E-state index in [1.165, 1.54) is 19.3 Å². The molecular formula is C23H33N3O3. The van der Waals surface area contributed by atoms with E-state index >= 15 is 0 Å². The number of nitrogens with zero attached hydrogens (tertiary/aromatic N) is 1. The maximum Gasteiger partial charge on any atom is 0.321 e. The number of hydrogen-bond acceptors (Lipinski definition) is 4. The van der Waals surface area contributed by atoms with Crippen molar-refractivity contribution < 1.29 is 14.3 Å². The van der Waals surface area contributed by atoms with Gasteiger partial charge in [-0.1, -0.05) is 12.1 Å². The van der Waals surface area contributed by atoms with Gasteiger partial charge in [0.15, 0.2) is 0 Å². The fourth-order valence-corrected chi connectivity index (χ4v) is 6.11. The van der Waals surface area contributed by atoms with Crippen LogP contribution in [0.5, 0.6) is 5.75 Å². The fourth-order valence-electron chi connectivity index (χ4n) is 6.11. The summed E-state index contributed by atoms with van der Waals surface area (Å²) >= 11 is 0. The van der Waals surface area contributed by atoms with Gasteiger partial charge in [-0.2, -0.15) is 0 Å². The second-order valence-corrected chi connectivity index (χ2v) is 9.58. The van der Waals surface area contributed by atoms with Crippen LogP contribution >= 0.6 is 0 Å². The molecule has 0 aromatic heterocycles. The molecule has 0 radical (unpaired) electrons. The summed E-state index contributed by atoms with van der Waals surface area (Å²) < 4.78 is 5.18. The van der Waals surface area contributed by atoms with Gasteiger partial charge in [-0.25, -0.2) is 4.79 Å². The highest BCUT2D eigenvalue weighted by Crippen LogP contribution is 2.55. The molecule has 4 saturated carbocycles. The Hall–Kier alpha value is -2.08. The number of imide groups is 1. The minimum atomic E-state index is -0.404. The Labute approximate surface area is 173 Å². The topological polar surface area (TPSA) is 70.7 Å². The molecule has 4 bridgehead atoms. The lowest BCUT2D eigenvalue weighted by molar-refractivity contribution is -0.124. The van der Waals surface area contributed by atoms with Crippen LogP contribution in [0.4, 0.5) is 4.79 Å². The molecule has 3 amide bonds. The molecular weight excluding hydrogens is 366 g/mol. The summed E-state index contributed by atoms with van der Waals surface area (Å²) in [6, 6.07) is 7.06. The summed E-state index contributed by atoms with van der Waals surface area (Å²) in [5.41, 5.74) is 1.00. The molecule has 1 aromatic carbocycles. The number of hydrogen-bond donors (Lipinski definition) is 2. The normalized spacial score (nSPS) is 30.8. The Morgan fingerprint density at radius 3 is 2.17 bits per heavy atom. The molecule has 0 saturated heterocycles. The van der Waals surface area contributed by atoms with Crippen LogP contribution in [-0.4, -0.2) is 42.6 Å². The third kappa shape index (κ3) is 4.42. The summed E-state index contributed by atoms with van der Waals surface area (Å²) in [6.45, 7) is 2.45. The highest BCUT2D eigenvalue weighted by atomic mass is 16.5. The van der Waals surface area contributed by atoms with Gasteiger partial charge in [-0.05, 0) is 87.9 Å². The third-order valence-electron chi connectivity index (χ3n) is 7.29. The van der Waals surface area contributed by atoms with E-state index < -0.39 is 6.04 Å². The monoisotopic (exact) mass is 399 g/mol. The standard InChI is InChI=1S/C23H33N3O3/c1-15(26(2)14-16-4-6-20(29-3)7-5-16)21(27)24-22(28)25-23-11-17-8-18(12-23)10-19(9-17)13-23/h4-7,15,17-19H,8-14H2,1-3H3,(H2,24,25,27,28)/t15-,17?,18?,19?,23?/m1/s1. The number of carbonyl (C=O) groups excluding carboxylic acids is 2. The molecule has 0 heterocycles. The van der Waals surface area contributed by atoms with Gasteiger partial charge >= 0.3 is 6.03 Å². The molecule has 1 aromatic rings. The Balaban J connectivity index is 1.29. The van der Waals surface area contributed by atoms with E-state index in [1.807, 2.05) is 43.1 Å². The maximum absolute atomic E-state index is 12.6. The van der Waals surface area contributed by atoms with Crippen molar-refractivity contribution in [3.63, 3.8) is 0 Å². The highest BCUT2D eigenvalue weighted by molar-refractivity contribution is 5.97. The van der Waals surface area contributed by atoms with Crippen LogP contribution in [-0.2, 0) is 11.3 Å². The van der Waals surface area contributed by atoms with Crippen molar-refractivity contribution in [2.24, 2.45) is 17.8 Å². The van der Waals surface area contributed by atoms with E-state index in [0.29, 0.717) is 6.54 Å². The van der Waals surface area contributed by atoms with E-state index in [-0.39, 0.29) is 17.5 Å². The number of urea groups is 1. The van der Waals surface area contributed by atoms with E-state index in [2.05, 4.69) is 10.6 Å². The summed E-state index contributed by atoms with van der Waals surface area (Å²) in [6.07, 6.45) is 7.21. The van der Waals surface area contributed by atoms with E-state index in [4.69, 9.17) is 4.74 Å². The smallest absolute Gasteiger partial charge is 0.321 e. The largest absolute Gasteiger partial charge is 0.497 e. The predicted molar refractivity (Wildman–Crippen MR) is 112 cm³/mol. The first-order valence-electron chi connectivity index (χ1n) is 10.8. The van der Waals surface area contributed by atoms with Crippen LogP contribution in [0.2, 0.25) is 0 Å². The van der Waals surface area contributed by atoms with Gasteiger partial charge < -0.3 is 10.1 Å². The number of amides is 3. The third-order valence-corrected chi connectivity index (χ3v) is 7.29. The molecule has 6 heteroatoms. The molecule has 29 heavy (non-hydrogen) atoms. The summed E-state index contributed by atoms with van der Waals surface area (Å²) in [5, 5.41) is 5.80. The SMILES string of the molecule is COc1ccc(CN(C)[C@H](C)C(=O)NC(=O)NC23CC4CC(CC(C4)C2)C3)cc1. The van der Waals surface area contributed by atoms with Crippen molar-refractivity contribution >= 4 is 11.9 Å².